The van der Waals surface area contributed by atoms with Crippen molar-refractivity contribution >= 4 is 17.7 Å². The lowest BCUT2D eigenvalue weighted by Gasteiger charge is -2.08. The van der Waals surface area contributed by atoms with Gasteiger partial charge in [-0.1, -0.05) is 18.7 Å². The first-order chi connectivity index (χ1) is 6.74. The van der Waals surface area contributed by atoms with Crippen molar-refractivity contribution in [3.05, 3.63) is 12.4 Å². The van der Waals surface area contributed by atoms with Gasteiger partial charge in [0.25, 0.3) is 0 Å². The van der Waals surface area contributed by atoms with Crippen LogP contribution >= 0.6 is 11.8 Å². The van der Waals surface area contributed by atoms with E-state index in [1.165, 1.54) is 11.8 Å². The molecule has 0 saturated heterocycles. The van der Waals surface area contributed by atoms with E-state index in [2.05, 4.69) is 9.97 Å². The number of hydrogen-bond donors (Lipinski definition) is 1. The minimum absolute atomic E-state index is 0.0925. The van der Waals surface area contributed by atoms with Gasteiger partial charge in [-0.15, -0.1) is 0 Å². The molecule has 1 aromatic heterocycles. The van der Waals surface area contributed by atoms with Crippen LogP contribution in [0.2, 0.25) is 0 Å². The number of ether oxygens (including phenoxy) is 1. The standard InChI is InChI=1S/C9H14N2O2S/c1-3-13-8(12)7(2)6-14-9-10-4-5-11-9/h4-5,7H,3,6H2,1-2H3,(H,10,11). The summed E-state index contributed by atoms with van der Waals surface area (Å²) in [5.41, 5.74) is 0. The van der Waals surface area contributed by atoms with Crippen LogP contribution in [0.25, 0.3) is 0 Å². The molecule has 0 spiro atoms. The molecular weight excluding hydrogens is 200 g/mol. The zero-order chi connectivity index (χ0) is 10.4. The van der Waals surface area contributed by atoms with E-state index < -0.39 is 0 Å². The molecule has 1 unspecified atom stereocenters. The normalized spacial score (nSPS) is 12.4. The summed E-state index contributed by atoms with van der Waals surface area (Å²) in [6.07, 6.45) is 3.45. The molecule has 0 aromatic carbocycles. The maximum Gasteiger partial charge on any atom is 0.309 e. The smallest absolute Gasteiger partial charge is 0.309 e. The fourth-order valence-electron chi connectivity index (χ4n) is 0.886. The van der Waals surface area contributed by atoms with Gasteiger partial charge >= 0.3 is 5.97 Å². The van der Waals surface area contributed by atoms with Gasteiger partial charge in [0.05, 0.1) is 12.5 Å². The minimum Gasteiger partial charge on any atom is -0.466 e. The molecule has 1 heterocycles. The largest absolute Gasteiger partial charge is 0.466 e. The fraction of sp³-hybridized carbons (Fsp3) is 0.556. The number of carbonyl (C=O) groups excluding carboxylic acids is 1. The summed E-state index contributed by atoms with van der Waals surface area (Å²) in [7, 11) is 0. The average Bonchev–Trinajstić information content (AvgIpc) is 2.67. The highest BCUT2D eigenvalue weighted by atomic mass is 32.2. The minimum atomic E-state index is -0.147. The molecule has 5 heteroatoms. The van der Waals surface area contributed by atoms with Crippen LogP contribution in [0.4, 0.5) is 0 Å². The van der Waals surface area contributed by atoms with Gasteiger partial charge in [-0.05, 0) is 6.92 Å². The molecule has 0 amide bonds. The molecule has 14 heavy (non-hydrogen) atoms. The Hall–Kier alpha value is -0.970. The van der Waals surface area contributed by atoms with Crippen molar-refractivity contribution in [1.29, 1.82) is 0 Å². The molecule has 0 aliphatic carbocycles. The monoisotopic (exact) mass is 214 g/mol. The van der Waals surface area contributed by atoms with Gasteiger partial charge in [0, 0.05) is 18.1 Å². The summed E-state index contributed by atoms with van der Waals surface area (Å²) in [6, 6.07) is 0. The van der Waals surface area contributed by atoms with Gasteiger partial charge in [0.15, 0.2) is 5.16 Å². The Bertz CT molecular complexity index is 274. The van der Waals surface area contributed by atoms with Gasteiger partial charge in [0.1, 0.15) is 0 Å². The Morgan fingerprint density at radius 3 is 3.14 bits per heavy atom. The second kappa shape index (κ2) is 5.70. The van der Waals surface area contributed by atoms with E-state index in [4.69, 9.17) is 4.74 Å². The number of aromatic nitrogens is 2. The zero-order valence-electron chi connectivity index (χ0n) is 8.32. The van der Waals surface area contributed by atoms with Gasteiger partial charge in [-0.25, -0.2) is 4.98 Å². The second-order valence-corrected chi connectivity index (χ2v) is 3.87. The van der Waals surface area contributed by atoms with E-state index in [9.17, 15) is 4.79 Å². The number of hydrogen-bond acceptors (Lipinski definition) is 4. The number of aromatic amines is 1. The molecule has 1 aromatic rings. The molecule has 0 saturated carbocycles. The number of H-pyrrole nitrogens is 1. The Kier molecular flexibility index (Phi) is 4.52. The maximum absolute atomic E-state index is 11.2. The molecular formula is C9H14N2O2S. The number of imidazole rings is 1. The topological polar surface area (TPSA) is 55.0 Å². The number of thioether (sulfide) groups is 1. The van der Waals surface area contributed by atoms with Crippen molar-refractivity contribution in [3.63, 3.8) is 0 Å². The second-order valence-electron chi connectivity index (χ2n) is 2.86. The Balaban J connectivity index is 2.27. The molecule has 1 rings (SSSR count). The van der Waals surface area contributed by atoms with Crippen LogP contribution in [-0.2, 0) is 9.53 Å². The number of rotatable bonds is 5. The zero-order valence-corrected chi connectivity index (χ0v) is 9.13. The van der Waals surface area contributed by atoms with Crippen LogP contribution in [0.1, 0.15) is 13.8 Å². The molecule has 0 radical (unpaired) electrons. The van der Waals surface area contributed by atoms with Crippen LogP contribution in [0.15, 0.2) is 17.6 Å². The van der Waals surface area contributed by atoms with Crippen molar-refractivity contribution < 1.29 is 9.53 Å². The van der Waals surface area contributed by atoms with Crippen LogP contribution < -0.4 is 0 Å². The maximum atomic E-state index is 11.2. The van der Waals surface area contributed by atoms with E-state index in [1.54, 1.807) is 12.4 Å². The van der Waals surface area contributed by atoms with Crippen molar-refractivity contribution in [2.24, 2.45) is 5.92 Å². The molecule has 0 bridgehead atoms. The summed E-state index contributed by atoms with van der Waals surface area (Å²) in [5, 5.41) is 0.834. The quantitative estimate of drug-likeness (QED) is 0.598. The van der Waals surface area contributed by atoms with Crippen LogP contribution in [0.5, 0.6) is 0 Å². The van der Waals surface area contributed by atoms with Gasteiger partial charge < -0.3 is 9.72 Å². The molecule has 0 fully saturated rings. The van der Waals surface area contributed by atoms with Crippen molar-refractivity contribution in [2.45, 2.75) is 19.0 Å². The number of carbonyl (C=O) groups is 1. The third kappa shape index (κ3) is 3.41. The molecule has 4 nitrogen and oxygen atoms in total. The highest BCUT2D eigenvalue weighted by Crippen LogP contribution is 2.16. The van der Waals surface area contributed by atoms with E-state index in [-0.39, 0.29) is 11.9 Å². The van der Waals surface area contributed by atoms with E-state index in [1.807, 2.05) is 13.8 Å². The first-order valence-electron chi connectivity index (χ1n) is 4.52. The van der Waals surface area contributed by atoms with Crippen LogP contribution in [0, 0.1) is 5.92 Å². The Labute approximate surface area is 87.4 Å². The predicted molar refractivity (Wildman–Crippen MR) is 55.1 cm³/mol. The highest BCUT2D eigenvalue weighted by molar-refractivity contribution is 7.99. The lowest BCUT2D eigenvalue weighted by Crippen LogP contribution is -2.16. The molecule has 0 aliphatic heterocycles. The third-order valence-electron chi connectivity index (χ3n) is 1.63. The SMILES string of the molecule is CCOC(=O)C(C)CSc1ncc[nH]1. The van der Waals surface area contributed by atoms with Crippen molar-refractivity contribution in [2.75, 3.05) is 12.4 Å². The van der Waals surface area contributed by atoms with E-state index in [0.29, 0.717) is 12.4 Å². The van der Waals surface area contributed by atoms with Gasteiger partial charge in [-0.3, -0.25) is 4.79 Å². The van der Waals surface area contributed by atoms with Crippen molar-refractivity contribution in [1.82, 2.24) is 9.97 Å². The lowest BCUT2D eigenvalue weighted by atomic mass is 10.2. The average molecular weight is 214 g/mol. The first-order valence-corrected chi connectivity index (χ1v) is 5.51. The Morgan fingerprint density at radius 1 is 1.79 bits per heavy atom. The third-order valence-corrected chi connectivity index (χ3v) is 2.80. The van der Waals surface area contributed by atoms with E-state index >= 15 is 0 Å². The van der Waals surface area contributed by atoms with Gasteiger partial charge in [0.2, 0.25) is 0 Å². The predicted octanol–water partition coefficient (Wildman–Crippen LogP) is 1.70. The molecule has 1 atom stereocenters. The van der Waals surface area contributed by atoms with Gasteiger partial charge in [-0.2, -0.15) is 0 Å². The summed E-state index contributed by atoms with van der Waals surface area (Å²) in [6.45, 7) is 4.10. The van der Waals surface area contributed by atoms with E-state index in [0.717, 1.165) is 5.16 Å². The van der Waals surface area contributed by atoms with Crippen molar-refractivity contribution in [3.8, 4) is 0 Å². The number of nitrogens with one attached hydrogen (secondary N) is 1. The number of esters is 1. The lowest BCUT2D eigenvalue weighted by molar-refractivity contribution is -0.146. The summed E-state index contributed by atoms with van der Waals surface area (Å²) in [5.74, 6) is 0.448. The van der Waals surface area contributed by atoms with Crippen LogP contribution in [-0.4, -0.2) is 28.3 Å². The fourth-order valence-corrected chi connectivity index (χ4v) is 1.72. The Morgan fingerprint density at radius 2 is 2.57 bits per heavy atom. The summed E-state index contributed by atoms with van der Waals surface area (Å²) < 4.78 is 4.89. The van der Waals surface area contributed by atoms with Crippen LogP contribution in [0.3, 0.4) is 0 Å². The first kappa shape index (κ1) is 11.1. The summed E-state index contributed by atoms with van der Waals surface area (Å²) >= 11 is 1.52. The number of nitrogens with zero attached hydrogens (tertiary/aromatic N) is 1. The molecule has 0 aliphatic rings. The highest BCUT2D eigenvalue weighted by Gasteiger charge is 2.14. The molecule has 78 valence electrons. The summed E-state index contributed by atoms with van der Waals surface area (Å²) in [4.78, 5) is 18.2. The molecule has 1 N–H and O–H groups in total.